The SMILES string of the molecule is CCOC(=O)C1(c2ccccc2)CCCc2ccccc21. The number of carbonyl (C=O) groups is 1. The molecule has 21 heavy (non-hydrogen) atoms. The van der Waals surface area contributed by atoms with Gasteiger partial charge in [-0.05, 0) is 42.9 Å². The van der Waals surface area contributed by atoms with Crippen LogP contribution in [0.3, 0.4) is 0 Å². The van der Waals surface area contributed by atoms with Crippen LogP contribution >= 0.6 is 0 Å². The first-order valence-corrected chi connectivity index (χ1v) is 7.60. The summed E-state index contributed by atoms with van der Waals surface area (Å²) in [7, 11) is 0. The highest BCUT2D eigenvalue weighted by Crippen LogP contribution is 2.43. The van der Waals surface area contributed by atoms with Gasteiger partial charge in [-0.1, -0.05) is 54.6 Å². The van der Waals surface area contributed by atoms with Gasteiger partial charge in [-0.3, -0.25) is 4.79 Å². The van der Waals surface area contributed by atoms with Gasteiger partial charge in [0.15, 0.2) is 0 Å². The Balaban J connectivity index is 2.22. The zero-order chi connectivity index (χ0) is 14.7. The van der Waals surface area contributed by atoms with Crippen molar-refractivity contribution in [2.24, 2.45) is 0 Å². The van der Waals surface area contributed by atoms with E-state index < -0.39 is 5.41 Å². The number of aryl methyl sites for hydroxylation is 1. The summed E-state index contributed by atoms with van der Waals surface area (Å²) in [6.45, 7) is 2.28. The molecule has 0 aromatic heterocycles. The number of hydrogen-bond acceptors (Lipinski definition) is 2. The standard InChI is InChI=1S/C19H20O2/c1-2-21-18(20)19(16-11-4-3-5-12-16)14-8-10-15-9-6-7-13-17(15)19/h3-7,9,11-13H,2,8,10,14H2,1H3. The summed E-state index contributed by atoms with van der Waals surface area (Å²) < 4.78 is 5.46. The minimum atomic E-state index is -0.647. The van der Waals surface area contributed by atoms with E-state index in [-0.39, 0.29) is 5.97 Å². The zero-order valence-corrected chi connectivity index (χ0v) is 12.3. The average molecular weight is 280 g/mol. The normalized spacial score (nSPS) is 20.6. The molecule has 2 nitrogen and oxygen atoms in total. The molecule has 1 unspecified atom stereocenters. The van der Waals surface area contributed by atoms with Gasteiger partial charge < -0.3 is 4.74 Å². The fraction of sp³-hybridized carbons (Fsp3) is 0.316. The molecule has 108 valence electrons. The smallest absolute Gasteiger partial charge is 0.321 e. The molecule has 1 atom stereocenters. The van der Waals surface area contributed by atoms with Gasteiger partial charge in [0.05, 0.1) is 6.61 Å². The molecule has 0 N–H and O–H groups in total. The molecule has 0 aliphatic heterocycles. The van der Waals surface area contributed by atoms with Crippen LogP contribution in [-0.2, 0) is 21.4 Å². The highest BCUT2D eigenvalue weighted by molar-refractivity contribution is 5.88. The van der Waals surface area contributed by atoms with Gasteiger partial charge >= 0.3 is 5.97 Å². The maximum atomic E-state index is 12.9. The van der Waals surface area contributed by atoms with Crippen LogP contribution in [0.5, 0.6) is 0 Å². The predicted molar refractivity (Wildman–Crippen MR) is 83.2 cm³/mol. The summed E-state index contributed by atoms with van der Waals surface area (Å²) in [6.07, 6.45) is 2.85. The fourth-order valence-corrected chi connectivity index (χ4v) is 3.44. The van der Waals surface area contributed by atoms with Gasteiger partial charge in [-0.25, -0.2) is 0 Å². The largest absolute Gasteiger partial charge is 0.465 e. The molecule has 0 bridgehead atoms. The molecule has 3 rings (SSSR count). The number of rotatable bonds is 3. The van der Waals surface area contributed by atoms with Crippen LogP contribution in [0.1, 0.15) is 36.5 Å². The Hall–Kier alpha value is -2.09. The van der Waals surface area contributed by atoms with Crippen molar-refractivity contribution in [2.75, 3.05) is 6.61 Å². The average Bonchev–Trinajstić information content (AvgIpc) is 2.55. The molecule has 0 radical (unpaired) electrons. The van der Waals surface area contributed by atoms with Gasteiger partial charge in [0, 0.05) is 0 Å². The summed E-state index contributed by atoms with van der Waals surface area (Å²) in [6, 6.07) is 18.3. The van der Waals surface area contributed by atoms with E-state index in [1.54, 1.807) is 0 Å². The van der Waals surface area contributed by atoms with Crippen LogP contribution in [-0.4, -0.2) is 12.6 Å². The lowest BCUT2D eigenvalue weighted by molar-refractivity contribution is -0.149. The van der Waals surface area contributed by atoms with E-state index in [1.807, 2.05) is 49.4 Å². The lowest BCUT2D eigenvalue weighted by Gasteiger charge is -2.37. The number of benzene rings is 2. The Morgan fingerprint density at radius 2 is 1.81 bits per heavy atom. The molecule has 0 amide bonds. The molecule has 1 aliphatic rings. The van der Waals surface area contributed by atoms with Gasteiger partial charge in [0.2, 0.25) is 0 Å². The van der Waals surface area contributed by atoms with Crippen LogP contribution in [0, 0.1) is 0 Å². The number of esters is 1. The molecule has 0 fully saturated rings. The number of fused-ring (bicyclic) bond motifs is 1. The van der Waals surface area contributed by atoms with Crippen molar-refractivity contribution in [2.45, 2.75) is 31.6 Å². The quantitative estimate of drug-likeness (QED) is 0.798. The maximum absolute atomic E-state index is 12.9. The highest BCUT2D eigenvalue weighted by Gasteiger charge is 2.45. The molecule has 2 aromatic carbocycles. The second-order valence-corrected chi connectivity index (χ2v) is 5.50. The van der Waals surface area contributed by atoms with E-state index in [1.165, 1.54) is 5.56 Å². The summed E-state index contributed by atoms with van der Waals surface area (Å²) in [4.78, 5) is 12.9. The van der Waals surface area contributed by atoms with E-state index in [0.717, 1.165) is 30.4 Å². The molecule has 2 aromatic rings. The van der Waals surface area contributed by atoms with E-state index in [9.17, 15) is 4.79 Å². The third-order valence-corrected chi connectivity index (χ3v) is 4.37. The first-order valence-electron chi connectivity index (χ1n) is 7.60. The van der Waals surface area contributed by atoms with Gasteiger partial charge in [-0.2, -0.15) is 0 Å². The van der Waals surface area contributed by atoms with Crippen LogP contribution in [0.4, 0.5) is 0 Å². The molecule has 1 aliphatic carbocycles. The fourth-order valence-electron chi connectivity index (χ4n) is 3.44. The molecule has 0 saturated heterocycles. The van der Waals surface area contributed by atoms with Crippen molar-refractivity contribution in [3.05, 3.63) is 71.3 Å². The van der Waals surface area contributed by atoms with Crippen molar-refractivity contribution < 1.29 is 9.53 Å². The van der Waals surface area contributed by atoms with Crippen molar-refractivity contribution in [3.8, 4) is 0 Å². The summed E-state index contributed by atoms with van der Waals surface area (Å²) >= 11 is 0. The van der Waals surface area contributed by atoms with Crippen LogP contribution in [0.2, 0.25) is 0 Å². The second-order valence-electron chi connectivity index (χ2n) is 5.50. The molecule has 0 spiro atoms. The number of carbonyl (C=O) groups excluding carboxylic acids is 1. The third kappa shape index (κ3) is 2.25. The predicted octanol–water partition coefficient (Wildman–Crippen LogP) is 3.87. The van der Waals surface area contributed by atoms with Gasteiger partial charge in [0.1, 0.15) is 5.41 Å². The molecule has 0 heterocycles. The summed E-state index contributed by atoms with van der Waals surface area (Å²) in [5.41, 5.74) is 2.77. The molecular formula is C19H20O2. The third-order valence-electron chi connectivity index (χ3n) is 4.37. The van der Waals surface area contributed by atoms with Crippen molar-refractivity contribution >= 4 is 5.97 Å². The van der Waals surface area contributed by atoms with E-state index in [0.29, 0.717) is 6.61 Å². The maximum Gasteiger partial charge on any atom is 0.321 e. The van der Waals surface area contributed by atoms with Crippen molar-refractivity contribution in [1.82, 2.24) is 0 Å². The first-order chi connectivity index (χ1) is 10.3. The van der Waals surface area contributed by atoms with Gasteiger partial charge in [-0.15, -0.1) is 0 Å². The lowest BCUT2D eigenvalue weighted by Crippen LogP contribution is -2.41. The first kappa shape index (κ1) is 13.9. The minimum Gasteiger partial charge on any atom is -0.465 e. The Labute approximate surface area is 125 Å². The molecule has 2 heteroatoms. The Morgan fingerprint density at radius 1 is 1.10 bits per heavy atom. The Bertz CT molecular complexity index is 633. The summed E-state index contributed by atoms with van der Waals surface area (Å²) in [5.74, 6) is -0.122. The zero-order valence-electron chi connectivity index (χ0n) is 12.3. The van der Waals surface area contributed by atoms with Crippen LogP contribution in [0.15, 0.2) is 54.6 Å². The van der Waals surface area contributed by atoms with E-state index in [4.69, 9.17) is 4.74 Å². The molecule has 0 saturated carbocycles. The van der Waals surface area contributed by atoms with Crippen molar-refractivity contribution in [3.63, 3.8) is 0 Å². The summed E-state index contributed by atoms with van der Waals surface area (Å²) in [5, 5.41) is 0. The van der Waals surface area contributed by atoms with Crippen molar-refractivity contribution in [1.29, 1.82) is 0 Å². The Morgan fingerprint density at radius 3 is 2.57 bits per heavy atom. The minimum absolute atomic E-state index is 0.122. The number of hydrogen-bond donors (Lipinski definition) is 0. The lowest BCUT2D eigenvalue weighted by atomic mass is 9.66. The highest BCUT2D eigenvalue weighted by atomic mass is 16.5. The van der Waals surface area contributed by atoms with Gasteiger partial charge in [0.25, 0.3) is 0 Å². The topological polar surface area (TPSA) is 26.3 Å². The van der Waals surface area contributed by atoms with E-state index >= 15 is 0 Å². The second kappa shape index (κ2) is 5.72. The Kier molecular flexibility index (Phi) is 3.78. The van der Waals surface area contributed by atoms with Crippen LogP contribution < -0.4 is 0 Å². The number of ether oxygens (including phenoxy) is 1. The van der Waals surface area contributed by atoms with Crippen LogP contribution in [0.25, 0.3) is 0 Å². The van der Waals surface area contributed by atoms with E-state index in [2.05, 4.69) is 12.1 Å². The molecular weight excluding hydrogens is 260 g/mol. The monoisotopic (exact) mass is 280 g/mol.